The number of hydrogen-bond acceptors (Lipinski definition) is 9. The maximum absolute atomic E-state index is 13.5. The van der Waals surface area contributed by atoms with Gasteiger partial charge < -0.3 is 18.6 Å². The van der Waals surface area contributed by atoms with E-state index in [1.807, 2.05) is 0 Å². The number of rotatable bonds is 8. The fourth-order valence-electron chi connectivity index (χ4n) is 4.07. The van der Waals surface area contributed by atoms with Crippen LogP contribution in [0.3, 0.4) is 0 Å². The lowest BCUT2D eigenvalue weighted by Crippen LogP contribution is -2.20. The normalized spacial score (nSPS) is 11.1. The Kier molecular flexibility index (Phi) is 6.67. The number of para-hydroxylation sites is 1. The molecule has 194 valence electrons. The summed E-state index contributed by atoms with van der Waals surface area (Å²) >= 11 is 0. The van der Waals surface area contributed by atoms with Gasteiger partial charge in [-0.25, -0.2) is 4.98 Å². The second-order valence-electron chi connectivity index (χ2n) is 8.12. The Hall–Kier alpha value is -5.63. The first-order chi connectivity index (χ1) is 18.9. The minimum atomic E-state index is -0.622. The summed E-state index contributed by atoms with van der Waals surface area (Å²) in [5.74, 6) is 3.22. The predicted octanol–water partition coefficient (Wildman–Crippen LogP) is 4.63. The molecule has 0 amide bonds. The summed E-state index contributed by atoms with van der Waals surface area (Å²) in [7, 11) is 2.89. The third-order valence-electron chi connectivity index (χ3n) is 5.81. The zero-order chi connectivity index (χ0) is 27.5. The molecular weight excluding hydrogens is 504 g/mol. The summed E-state index contributed by atoms with van der Waals surface area (Å²) in [6.07, 6.45) is 6.52. The smallest absolute Gasteiger partial charge is 0.315 e. The summed E-state index contributed by atoms with van der Waals surface area (Å²) < 4.78 is 23.2. The Bertz CT molecular complexity index is 1860. The average Bonchev–Trinajstić information content (AvgIpc) is 3.39. The van der Waals surface area contributed by atoms with E-state index in [-0.39, 0.29) is 40.9 Å². The Balaban J connectivity index is 1.69. The van der Waals surface area contributed by atoms with Crippen LogP contribution in [0.2, 0.25) is 0 Å². The van der Waals surface area contributed by atoms with Crippen LogP contribution in [0.5, 0.6) is 17.2 Å². The van der Waals surface area contributed by atoms with Crippen LogP contribution in [0.4, 0.5) is 5.69 Å². The molecule has 11 heteroatoms. The number of terminal acetylenes is 1. The number of ether oxygens (including phenoxy) is 3. The van der Waals surface area contributed by atoms with Crippen LogP contribution in [0.25, 0.3) is 33.5 Å². The van der Waals surface area contributed by atoms with Gasteiger partial charge in [-0.2, -0.15) is 9.78 Å². The lowest BCUT2D eigenvalue weighted by molar-refractivity contribution is -0.385. The quantitative estimate of drug-likeness (QED) is 0.124. The number of benzene rings is 3. The molecule has 0 bridgehead atoms. The van der Waals surface area contributed by atoms with E-state index in [1.165, 1.54) is 25.5 Å². The van der Waals surface area contributed by atoms with E-state index in [0.29, 0.717) is 27.6 Å². The largest absolute Gasteiger partial charge is 0.496 e. The average molecular weight is 524 g/mol. The monoisotopic (exact) mass is 524 g/mol. The Labute approximate surface area is 221 Å². The van der Waals surface area contributed by atoms with Gasteiger partial charge in [0, 0.05) is 11.6 Å². The van der Waals surface area contributed by atoms with Gasteiger partial charge in [0.2, 0.25) is 11.6 Å². The van der Waals surface area contributed by atoms with Crippen molar-refractivity contribution in [2.75, 3.05) is 20.8 Å². The number of hydrogen-bond donors (Lipinski definition) is 0. The van der Waals surface area contributed by atoms with Gasteiger partial charge in [0.15, 0.2) is 11.5 Å². The van der Waals surface area contributed by atoms with Crippen molar-refractivity contribution >= 4 is 33.8 Å². The van der Waals surface area contributed by atoms with Gasteiger partial charge in [-0.15, -0.1) is 6.42 Å². The molecule has 0 radical (unpaired) electrons. The molecule has 11 nitrogen and oxygen atoms in total. The third kappa shape index (κ3) is 4.62. The van der Waals surface area contributed by atoms with Gasteiger partial charge in [-0.05, 0) is 36.4 Å². The van der Waals surface area contributed by atoms with Crippen LogP contribution in [-0.4, -0.2) is 41.6 Å². The van der Waals surface area contributed by atoms with Gasteiger partial charge in [0.1, 0.15) is 17.9 Å². The van der Waals surface area contributed by atoms with E-state index in [2.05, 4.69) is 16.0 Å². The number of fused-ring (bicyclic) bond motifs is 2. The maximum atomic E-state index is 13.5. The van der Waals surface area contributed by atoms with Crippen molar-refractivity contribution in [2.24, 2.45) is 5.10 Å². The fourth-order valence-corrected chi connectivity index (χ4v) is 4.07. The highest BCUT2D eigenvalue weighted by molar-refractivity contribution is 5.89. The highest BCUT2D eigenvalue weighted by atomic mass is 16.6. The summed E-state index contributed by atoms with van der Waals surface area (Å²) in [6, 6.07) is 16.6. The zero-order valence-electron chi connectivity index (χ0n) is 20.8. The molecule has 0 unspecified atom stereocenters. The zero-order valence-corrected chi connectivity index (χ0v) is 20.8. The second-order valence-corrected chi connectivity index (χ2v) is 8.12. The molecule has 5 aromatic rings. The second kappa shape index (κ2) is 10.4. The molecule has 0 saturated carbocycles. The van der Waals surface area contributed by atoms with Crippen molar-refractivity contribution in [2.45, 2.75) is 0 Å². The first-order valence-corrected chi connectivity index (χ1v) is 11.5. The number of nitro benzene ring substituents is 1. The van der Waals surface area contributed by atoms with Gasteiger partial charge in [-0.1, -0.05) is 24.1 Å². The van der Waals surface area contributed by atoms with Crippen LogP contribution in [0.1, 0.15) is 5.56 Å². The number of aromatic nitrogens is 2. The molecule has 3 aromatic carbocycles. The standard InChI is InChI=1S/C28H20N4O7/c1-4-12-38-26-21(32(34)35)13-17(14-24(26)37-3)16-29-31-27(30-20-9-6-5-8-18(20)28(31)33)25-15-19-22(36-2)10-7-11-23(19)39-25/h1,5-11,13-16H,12H2,2-3H3. The van der Waals surface area contributed by atoms with Crippen LogP contribution in [0, 0.1) is 22.5 Å². The minimum absolute atomic E-state index is 0.0782. The predicted molar refractivity (Wildman–Crippen MR) is 145 cm³/mol. The molecule has 0 aliphatic rings. The van der Waals surface area contributed by atoms with Gasteiger partial charge >= 0.3 is 5.69 Å². The summed E-state index contributed by atoms with van der Waals surface area (Å²) in [6.45, 7) is -0.186. The summed E-state index contributed by atoms with van der Waals surface area (Å²) in [4.78, 5) is 29.3. The molecule has 0 aliphatic heterocycles. The minimum Gasteiger partial charge on any atom is -0.496 e. The molecule has 0 N–H and O–H groups in total. The molecule has 0 spiro atoms. The topological polar surface area (TPSA) is 131 Å². The van der Waals surface area contributed by atoms with Gasteiger partial charge in [0.25, 0.3) is 5.56 Å². The van der Waals surface area contributed by atoms with Crippen molar-refractivity contribution in [3.8, 4) is 41.2 Å². The number of nitrogens with zero attached hydrogens (tertiary/aromatic N) is 4. The SMILES string of the molecule is C#CCOc1c(OC)cc(C=Nn2c(-c3cc4c(OC)cccc4o3)nc3ccccc3c2=O)cc1[N+](=O)[O-]. The van der Waals surface area contributed by atoms with Crippen LogP contribution < -0.4 is 19.8 Å². The molecule has 5 rings (SSSR count). The Morgan fingerprint density at radius 2 is 1.90 bits per heavy atom. The van der Waals surface area contributed by atoms with Crippen molar-refractivity contribution in [3.05, 3.63) is 86.7 Å². The van der Waals surface area contributed by atoms with Crippen LogP contribution >= 0.6 is 0 Å². The van der Waals surface area contributed by atoms with Gasteiger partial charge in [0.05, 0.1) is 41.6 Å². The van der Waals surface area contributed by atoms with Crippen molar-refractivity contribution < 1.29 is 23.6 Å². The molecule has 39 heavy (non-hydrogen) atoms. The lowest BCUT2D eigenvalue weighted by atomic mass is 10.2. The Morgan fingerprint density at radius 1 is 1.10 bits per heavy atom. The van der Waals surface area contributed by atoms with E-state index in [1.54, 1.807) is 55.6 Å². The van der Waals surface area contributed by atoms with Crippen LogP contribution in [-0.2, 0) is 0 Å². The Morgan fingerprint density at radius 3 is 2.64 bits per heavy atom. The van der Waals surface area contributed by atoms with E-state index >= 15 is 0 Å². The summed E-state index contributed by atoms with van der Waals surface area (Å²) in [5.41, 5.74) is 0.409. The maximum Gasteiger partial charge on any atom is 0.315 e. The molecular formula is C28H20N4O7. The third-order valence-corrected chi connectivity index (χ3v) is 5.81. The molecule has 2 heterocycles. The first kappa shape index (κ1) is 25.0. The van der Waals surface area contributed by atoms with E-state index in [9.17, 15) is 14.9 Å². The molecule has 0 atom stereocenters. The molecule has 0 saturated heterocycles. The van der Waals surface area contributed by atoms with E-state index in [0.717, 1.165) is 4.68 Å². The van der Waals surface area contributed by atoms with Crippen molar-refractivity contribution in [3.63, 3.8) is 0 Å². The van der Waals surface area contributed by atoms with Crippen LogP contribution in [0.15, 0.2) is 75.0 Å². The van der Waals surface area contributed by atoms with Crippen molar-refractivity contribution in [1.82, 2.24) is 9.66 Å². The number of methoxy groups -OCH3 is 2. The number of nitro groups is 1. The first-order valence-electron chi connectivity index (χ1n) is 11.5. The lowest BCUT2D eigenvalue weighted by Gasteiger charge is -2.10. The fraction of sp³-hybridized carbons (Fsp3) is 0.107. The molecule has 0 aliphatic carbocycles. The number of furan rings is 1. The van der Waals surface area contributed by atoms with E-state index in [4.69, 9.17) is 25.1 Å². The highest BCUT2D eigenvalue weighted by Crippen LogP contribution is 2.38. The van der Waals surface area contributed by atoms with Gasteiger partial charge in [-0.3, -0.25) is 14.9 Å². The highest BCUT2D eigenvalue weighted by Gasteiger charge is 2.22. The summed E-state index contributed by atoms with van der Waals surface area (Å²) in [5, 5.41) is 17.1. The molecule has 0 fully saturated rings. The van der Waals surface area contributed by atoms with E-state index < -0.39 is 10.5 Å². The van der Waals surface area contributed by atoms with Crippen molar-refractivity contribution in [1.29, 1.82) is 0 Å². The molecule has 2 aromatic heterocycles.